The van der Waals surface area contributed by atoms with Crippen molar-refractivity contribution in [2.24, 2.45) is 0 Å². The lowest BCUT2D eigenvalue weighted by Crippen LogP contribution is -2.10. The topological polar surface area (TPSA) is 107 Å². The minimum absolute atomic E-state index is 0.138. The minimum atomic E-state index is -4.67. The second kappa shape index (κ2) is 7.91. The van der Waals surface area contributed by atoms with Gasteiger partial charge in [-0.2, -0.15) is 28.0 Å². The molecule has 8 nitrogen and oxygen atoms in total. The highest BCUT2D eigenvalue weighted by molar-refractivity contribution is 5.89. The van der Waals surface area contributed by atoms with Crippen LogP contribution in [0.5, 0.6) is 0 Å². The predicted octanol–water partition coefficient (Wildman–Crippen LogP) is 4.35. The van der Waals surface area contributed by atoms with Gasteiger partial charge in [-0.15, -0.1) is 0 Å². The lowest BCUT2D eigenvalue weighted by molar-refractivity contribution is -0.137. The molecule has 0 spiro atoms. The summed E-state index contributed by atoms with van der Waals surface area (Å²) in [6.45, 7) is 3.84. The van der Waals surface area contributed by atoms with Crippen molar-refractivity contribution in [1.82, 2.24) is 19.9 Å². The largest absolute Gasteiger partial charge is 0.417 e. The van der Waals surface area contributed by atoms with E-state index in [9.17, 15) is 18.0 Å². The fourth-order valence-electron chi connectivity index (χ4n) is 3.69. The molecule has 5 rings (SSSR count). The molecule has 3 heterocycles. The normalized spacial score (nSPS) is 17.2. The van der Waals surface area contributed by atoms with E-state index in [-0.39, 0.29) is 24.1 Å². The van der Waals surface area contributed by atoms with E-state index >= 15 is 0 Å². The average Bonchev–Trinajstić information content (AvgIpc) is 3.41. The van der Waals surface area contributed by atoms with Gasteiger partial charge in [0.2, 0.25) is 5.91 Å². The van der Waals surface area contributed by atoms with Gasteiger partial charge in [-0.05, 0) is 42.7 Å². The van der Waals surface area contributed by atoms with Crippen LogP contribution >= 0.6 is 0 Å². The van der Waals surface area contributed by atoms with E-state index in [0.717, 1.165) is 25.0 Å². The summed E-state index contributed by atoms with van der Waals surface area (Å²) in [4.78, 5) is 16.2. The monoisotopic (exact) mass is 465 g/mol. The first kappa shape index (κ1) is 21.5. The van der Waals surface area contributed by atoms with Crippen LogP contribution in [0.2, 0.25) is 0 Å². The average molecular weight is 465 g/mol. The number of anilines is 3. The number of carbonyl (C=O) groups excluding carboxylic acids is 1. The molecule has 172 valence electrons. The van der Waals surface area contributed by atoms with Crippen molar-refractivity contribution >= 4 is 35.0 Å². The maximum absolute atomic E-state index is 13.4. The van der Waals surface area contributed by atoms with Gasteiger partial charge in [-0.1, -0.05) is 6.58 Å². The number of halogens is 3. The van der Waals surface area contributed by atoms with Gasteiger partial charge in [0.25, 0.3) is 0 Å². The molecule has 2 fully saturated rings. The van der Waals surface area contributed by atoms with E-state index in [1.165, 1.54) is 6.07 Å². The molecule has 1 aromatic carbocycles. The molecule has 0 atom stereocenters. The van der Waals surface area contributed by atoms with Crippen LogP contribution in [0.15, 0.2) is 48.3 Å². The summed E-state index contributed by atoms with van der Waals surface area (Å²) in [7, 11) is 0. The first-order valence-corrected chi connectivity index (χ1v) is 10.4. The lowest BCUT2D eigenvalue weighted by atomic mass is 10.1. The third-order valence-electron chi connectivity index (χ3n) is 5.50. The summed E-state index contributed by atoms with van der Waals surface area (Å²) in [6, 6.07) is 6.93. The van der Waals surface area contributed by atoms with Crippen LogP contribution in [0.25, 0.3) is 11.7 Å². The van der Waals surface area contributed by atoms with E-state index in [0.29, 0.717) is 34.1 Å². The minimum Gasteiger partial charge on any atom is -0.367 e. The summed E-state index contributed by atoms with van der Waals surface area (Å²) < 4.78 is 41.8. The number of amides is 1. The summed E-state index contributed by atoms with van der Waals surface area (Å²) in [5.74, 6) is 0.775. The number of carbonyl (C=O) groups is 1. The third kappa shape index (κ3) is 4.17. The van der Waals surface area contributed by atoms with Crippen molar-refractivity contribution in [2.45, 2.75) is 31.5 Å². The fourth-order valence-corrected chi connectivity index (χ4v) is 3.69. The van der Waals surface area contributed by atoms with Crippen molar-refractivity contribution in [3.63, 3.8) is 0 Å². The molecule has 1 aliphatic heterocycles. The van der Waals surface area contributed by atoms with Gasteiger partial charge in [0.15, 0.2) is 5.65 Å². The van der Waals surface area contributed by atoms with Gasteiger partial charge in [-0.3, -0.25) is 4.79 Å². The molecule has 34 heavy (non-hydrogen) atoms. The van der Waals surface area contributed by atoms with E-state index in [1.54, 1.807) is 28.9 Å². The number of allylic oxidation sites excluding steroid dienone is 1. The fraction of sp³-hybridized carbons (Fsp3) is 0.217. The molecule has 0 bridgehead atoms. The van der Waals surface area contributed by atoms with E-state index in [2.05, 4.69) is 32.6 Å². The standard InChI is InChI=1S/C23H18F3N7O/c1-12-14(7-21(34)29-12)6-15-11-28-33-20(31-16-4-5-16)9-19(32-22(15)33)30-17-3-2-13(10-27)18(8-17)23(24,25)26/h2-3,6,8-9,11,16,31H,1,4-5,7H2,(H,29,34)(H,30,32)/b14-6+. The smallest absolute Gasteiger partial charge is 0.367 e. The Bertz CT molecular complexity index is 1410. The van der Waals surface area contributed by atoms with Gasteiger partial charge in [0.1, 0.15) is 11.6 Å². The molecule has 11 heteroatoms. The zero-order valence-electron chi connectivity index (χ0n) is 17.7. The lowest BCUT2D eigenvalue weighted by Gasteiger charge is -2.14. The Balaban J connectivity index is 1.56. The highest BCUT2D eigenvalue weighted by Gasteiger charge is 2.34. The number of alkyl halides is 3. The van der Waals surface area contributed by atoms with Gasteiger partial charge >= 0.3 is 6.18 Å². The Morgan fingerprint density at radius 2 is 2.09 bits per heavy atom. The number of nitriles is 1. The third-order valence-corrected chi connectivity index (χ3v) is 5.50. The van der Waals surface area contributed by atoms with Crippen molar-refractivity contribution in [3.05, 3.63) is 65.0 Å². The second-order valence-electron chi connectivity index (χ2n) is 8.15. The molecule has 2 aliphatic rings. The predicted molar refractivity (Wildman–Crippen MR) is 119 cm³/mol. The van der Waals surface area contributed by atoms with Gasteiger partial charge in [-0.25, -0.2) is 4.98 Å². The summed E-state index contributed by atoms with van der Waals surface area (Å²) in [5, 5.41) is 22.4. The molecule has 1 amide bonds. The maximum Gasteiger partial charge on any atom is 0.417 e. The molecule has 0 unspecified atom stereocenters. The quantitative estimate of drug-likeness (QED) is 0.517. The number of fused-ring (bicyclic) bond motifs is 1. The van der Waals surface area contributed by atoms with Gasteiger partial charge in [0, 0.05) is 29.1 Å². The van der Waals surface area contributed by atoms with E-state index < -0.39 is 17.3 Å². The number of nitrogens with zero attached hydrogens (tertiary/aromatic N) is 4. The zero-order chi connectivity index (χ0) is 24.0. The number of aromatic nitrogens is 3. The summed E-state index contributed by atoms with van der Waals surface area (Å²) in [6.07, 6.45) is 0.901. The van der Waals surface area contributed by atoms with Crippen molar-refractivity contribution < 1.29 is 18.0 Å². The molecule has 3 N–H and O–H groups in total. The molecule has 2 aromatic heterocycles. The molecular formula is C23H18F3N7O. The SMILES string of the molecule is C=C1NC(=O)C/C1=C\c1cnn2c(NC3CC3)cc(Nc3ccc(C#N)c(C(F)(F)F)c3)nc12. The number of rotatable bonds is 5. The first-order chi connectivity index (χ1) is 16.2. The van der Waals surface area contributed by atoms with E-state index in [1.807, 2.05) is 0 Å². The molecule has 3 aromatic rings. The Hall–Kier alpha value is -4.33. The zero-order valence-corrected chi connectivity index (χ0v) is 17.7. The molecule has 1 saturated carbocycles. The van der Waals surface area contributed by atoms with Crippen molar-refractivity contribution in [3.8, 4) is 6.07 Å². The van der Waals surface area contributed by atoms with Gasteiger partial charge in [0.05, 0.1) is 29.8 Å². The Labute approximate surface area is 191 Å². The molecule has 1 aliphatic carbocycles. The van der Waals surface area contributed by atoms with Gasteiger partial charge < -0.3 is 16.0 Å². The van der Waals surface area contributed by atoms with Crippen molar-refractivity contribution in [1.29, 1.82) is 5.26 Å². The Morgan fingerprint density at radius 3 is 2.74 bits per heavy atom. The summed E-state index contributed by atoms with van der Waals surface area (Å²) >= 11 is 0. The highest BCUT2D eigenvalue weighted by atomic mass is 19.4. The Kier molecular flexibility index (Phi) is 5.01. The maximum atomic E-state index is 13.4. The van der Waals surface area contributed by atoms with Crippen LogP contribution in [-0.2, 0) is 11.0 Å². The van der Waals surface area contributed by atoms with Crippen LogP contribution in [-0.4, -0.2) is 26.5 Å². The van der Waals surface area contributed by atoms with Crippen LogP contribution in [0, 0.1) is 11.3 Å². The first-order valence-electron chi connectivity index (χ1n) is 10.4. The molecule has 1 saturated heterocycles. The second-order valence-corrected chi connectivity index (χ2v) is 8.15. The van der Waals surface area contributed by atoms with Crippen LogP contribution in [0.4, 0.5) is 30.5 Å². The molecular weight excluding hydrogens is 447 g/mol. The molecule has 0 radical (unpaired) electrons. The summed E-state index contributed by atoms with van der Waals surface area (Å²) in [5.41, 5.74) is 0.958. The number of hydrogen-bond donors (Lipinski definition) is 3. The Morgan fingerprint density at radius 1 is 1.29 bits per heavy atom. The van der Waals surface area contributed by atoms with Crippen LogP contribution in [0.1, 0.15) is 36.0 Å². The number of benzene rings is 1. The van der Waals surface area contributed by atoms with E-state index in [4.69, 9.17) is 5.26 Å². The highest BCUT2D eigenvalue weighted by Crippen LogP contribution is 2.35. The van der Waals surface area contributed by atoms with Crippen LogP contribution < -0.4 is 16.0 Å². The number of nitrogens with one attached hydrogen (secondary N) is 3. The van der Waals surface area contributed by atoms with Crippen LogP contribution in [0.3, 0.4) is 0 Å². The van der Waals surface area contributed by atoms with Crippen molar-refractivity contribution in [2.75, 3.05) is 10.6 Å². The number of hydrogen-bond acceptors (Lipinski definition) is 6.